The monoisotopic (exact) mass is 406 g/mol. The fourth-order valence-electron chi connectivity index (χ4n) is 3.36. The second-order valence-corrected chi connectivity index (χ2v) is 8.27. The zero-order valence-electron chi connectivity index (χ0n) is 17.2. The molecule has 5 nitrogen and oxygen atoms in total. The minimum Gasteiger partial charge on any atom is -0.494 e. The van der Waals surface area contributed by atoms with Crippen LogP contribution in [0.15, 0.2) is 29.2 Å². The van der Waals surface area contributed by atoms with Crippen molar-refractivity contribution in [2.45, 2.75) is 57.3 Å². The van der Waals surface area contributed by atoms with E-state index in [0.29, 0.717) is 18.9 Å². The van der Waals surface area contributed by atoms with Crippen LogP contribution in [0, 0.1) is 5.92 Å². The molecule has 1 aromatic carbocycles. The number of hydrogen-bond donors (Lipinski definition) is 1. The molecule has 0 aliphatic carbocycles. The summed E-state index contributed by atoms with van der Waals surface area (Å²) in [6, 6.07) is 7.82. The van der Waals surface area contributed by atoms with Gasteiger partial charge in [0.15, 0.2) is 0 Å². The Kier molecular flexibility index (Phi) is 10.3. The number of nitrogens with zero attached hydrogens (tertiary/aromatic N) is 1. The number of thioether (sulfide) groups is 1. The largest absolute Gasteiger partial charge is 0.494 e. The van der Waals surface area contributed by atoms with Crippen LogP contribution in [0.4, 0.5) is 0 Å². The predicted octanol–water partition coefficient (Wildman–Crippen LogP) is 4.11. The summed E-state index contributed by atoms with van der Waals surface area (Å²) >= 11 is 1.53. The van der Waals surface area contributed by atoms with Crippen LogP contribution < -0.4 is 10.1 Å². The van der Waals surface area contributed by atoms with E-state index in [1.807, 2.05) is 36.1 Å². The molecule has 0 saturated carbocycles. The van der Waals surface area contributed by atoms with Crippen LogP contribution in [-0.4, -0.2) is 48.7 Å². The maximum Gasteiger partial charge on any atom is 0.232 e. The highest BCUT2D eigenvalue weighted by Crippen LogP contribution is 2.23. The van der Waals surface area contributed by atoms with E-state index >= 15 is 0 Å². The molecule has 2 amide bonds. The number of carbonyl (C=O) groups is 2. The maximum absolute atomic E-state index is 12.6. The van der Waals surface area contributed by atoms with Gasteiger partial charge < -0.3 is 15.0 Å². The van der Waals surface area contributed by atoms with Gasteiger partial charge in [-0.2, -0.15) is 0 Å². The first-order valence-corrected chi connectivity index (χ1v) is 11.5. The summed E-state index contributed by atoms with van der Waals surface area (Å²) in [7, 11) is 0. The second-order valence-electron chi connectivity index (χ2n) is 7.22. The van der Waals surface area contributed by atoms with Crippen molar-refractivity contribution in [3.8, 4) is 5.75 Å². The fourth-order valence-corrected chi connectivity index (χ4v) is 4.16. The first kappa shape index (κ1) is 22.6. The molecule has 28 heavy (non-hydrogen) atoms. The third-order valence-electron chi connectivity index (χ3n) is 4.97. The Bertz CT molecular complexity index is 606. The Morgan fingerprint density at radius 3 is 2.68 bits per heavy atom. The van der Waals surface area contributed by atoms with Gasteiger partial charge in [-0.3, -0.25) is 9.59 Å². The minimum atomic E-state index is -0.0700. The first-order valence-electron chi connectivity index (χ1n) is 10.5. The molecular weight excluding hydrogens is 372 g/mol. The van der Waals surface area contributed by atoms with Gasteiger partial charge in [0.2, 0.25) is 11.8 Å². The molecular formula is C22H34N2O3S. The Hall–Kier alpha value is -1.69. The molecule has 2 rings (SSSR count). The molecule has 1 fully saturated rings. The van der Waals surface area contributed by atoms with Gasteiger partial charge in [-0.1, -0.05) is 26.2 Å². The standard InChI is InChI=1S/C22H34N2O3S/c1-3-5-6-7-14-23-22(26)18-9-8-15-24(16-18)21(25)17-28-20-12-10-19(11-13-20)27-4-2/h10-13,18H,3-9,14-17H2,1-2H3,(H,23,26). The lowest BCUT2D eigenvalue weighted by Gasteiger charge is -2.32. The minimum absolute atomic E-state index is 0.0700. The van der Waals surface area contributed by atoms with Gasteiger partial charge >= 0.3 is 0 Å². The average molecular weight is 407 g/mol. The molecule has 0 spiro atoms. The highest BCUT2D eigenvalue weighted by molar-refractivity contribution is 8.00. The highest BCUT2D eigenvalue weighted by atomic mass is 32.2. The molecule has 1 aliphatic heterocycles. The number of piperidine rings is 1. The molecule has 156 valence electrons. The summed E-state index contributed by atoms with van der Waals surface area (Å²) in [4.78, 5) is 27.9. The van der Waals surface area contributed by atoms with Gasteiger partial charge in [-0.15, -0.1) is 11.8 Å². The van der Waals surface area contributed by atoms with Crippen molar-refractivity contribution in [2.75, 3.05) is 32.0 Å². The third-order valence-corrected chi connectivity index (χ3v) is 5.97. The zero-order valence-corrected chi connectivity index (χ0v) is 18.1. The Morgan fingerprint density at radius 1 is 1.18 bits per heavy atom. The normalized spacial score (nSPS) is 16.6. The lowest BCUT2D eigenvalue weighted by molar-refractivity contribution is -0.133. The van der Waals surface area contributed by atoms with Crippen LogP contribution in [0.3, 0.4) is 0 Å². The average Bonchev–Trinajstić information content (AvgIpc) is 2.73. The lowest BCUT2D eigenvalue weighted by atomic mass is 9.97. The van der Waals surface area contributed by atoms with E-state index in [-0.39, 0.29) is 17.7 Å². The van der Waals surface area contributed by atoms with Crippen molar-refractivity contribution in [2.24, 2.45) is 5.92 Å². The van der Waals surface area contributed by atoms with Crippen LogP contribution in [-0.2, 0) is 9.59 Å². The van der Waals surface area contributed by atoms with E-state index < -0.39 is 0 Å². The molecule has 1 atom stereocenters. The van der Waals surface area contributed by atoms with Crippen molar-refractivity contribution in [1.82, 2.24) is 10.2 Å². The number of nitrogens with one attached hydrogen (secondary N) is 1. The Morgan fingerprint density at radius 2 is 1.96 bits per heavy atom. The summed E-state index contributed by atoms with van der Waals surface area (Å²) in [5.74, 6) is 1.39. The van der Waals surface area contributed by atoms with Crippen LogP contribution in [0.1, 0.15) is 52.4 Å². The van der Waals surface area contributed by atoms with E-state index in [9.17, 15) is 9.59 Å². The van der Waals surface area contributed by atoms with Gasteiger partial charge in [-0.25, -0.2) is 0 Å². The summed E-state index contributed by atoms with van der Waals surface area (Å²) in [5.41, 5.74) is 0. The molecule has 1 saturated heterocycles. The number of unbranched alkanes of at least 4 members (excludes halogenated alkanes) is 3. The number of ether oxygens (including phenoxy) is 1. The van der Waals surface area contributed by atoms with Gasteiger partial charge in [-0.05, 0) is 50.5 Å². The number of hydrogen-bond acceptors (Lipinski definition) is 4. The summed E-state index contributed by atoms with van der Waals surface area (Å²) < 4.78 is 5.44. The van der Waals surface area contributed by atoms with E-state index in [1.54, 1.807) is 0 Å². The van der Waals surface area contributed by atoms with E-state index in [2.05, 4.69) is 12.2 Å². The highest BCUT2D eigenvalue weighted by Gasteiger charge is 2.28. The van der Waals surface area contributed by atoms with Crippen LogP contribution in [0.5, 0.6) is 5.75 Å². The molecule has 0 aromatic heterocycles. The van der Waals surface area contributed by atoms with Gasteiger partial charge in [0.25, 0.3) is 0 Å². The van der Waals surface area contributed by atoms with E-state index in [0.717, 1.165) is 49.4 Å². The zero-order chi connectivity index (χ0) is 20.2. The molecule has 1 unspecified atom stereocenters. The van der Waals surface area contributed by atoms with E-state index in [4.69, 9.17) is 4.74 Å². The van der Waals surface area contributed by atoms with Crippen LogP contribution in [0.25, 0.3) is 0 Å². The number of carbonyl (C=O) groups excluding carboxylic acids is 2. The number of amides is 2. The maximum atomic E-state index is 12.6. The second kappa shape index (κ2) is 12.7. The van der Waals surface area contributed by atoms with Crippen molar-refractivity contribution < 1.29 is 14.3 Å². The summed E-state index contributed by atoms with van der Waals surface area (Å²) in [5, 5.41) is 3.05. The summed E-state index contributed by atoms with van der Waals surface area (Å²) in [6.45, 7) is 6.83. The topological polar surface area (TPSA) is 58.6 Å². The van der Waals surface area contributed by atoms with Crippen molar-refractivity contribution in [1.29, 1.82) is 0 Å². The SMILES string of the molecule is CCCCCCNC(=O)C1CCCN(C(=O)CSc2ccc(OCC)cc2)C1. The molecule has 6 heteroatoms. The molecule has 0 bridgehead atoms. The fraction of sp³-hybridized carbons (Fsp3) is 0.636. The molecule has 1 aliphatic rings. The third kappa shape index (κ3) is 7.74. The molecule has 1 heterocycles. The van der Waals surface area contributed by atoms with Crippen molar-refractivity contribution >= 4 is 23.6 Å². The quantitative estimate of drug-likeness (QED) is 0.444. The van der Waals surface area contributed by atoms with E-state index in [1.165, 1.54) is 24.6 Å². The van der Waals surface area contributed by atoms with Gasteiger partial charge in [0, 0.05) is 24.5 Å². The van der Waals surface area contributed by atoms with Crippen molar-refractivity contribution in [3.63, 3.8) is 0 Å². The predicted molar refractivity (Wildman–Crippen MR) is 115 cm³/mol. The van der Waals surface area contributed by atoms with Gasteiger partial charge in [0.05, 0.1) is 18.3 Å². The first-order chi connectivity index (χ1) is 13.6. The van der Waals surface area contributed by atoms with Crippen LogP contribution in [0.2, 0.25) is 0 Å². The number of rotatable bonds is 11. The Balaban J connectivity index is 1.73. The van der Waals surface area contributed by atoms with Crippen molar-refractivity contribution in [3.05, 3.63) is 24.3 Å². The number of benzene rings is 1. The molecule has 1 aromatic rings. The summed E-state index contributed by atoms with van der Waals surface area (Å²) in [6.07, 6.45) is 6.38. The molecule has 0 radical (unpaired) electrons. The van der Waals surface area contributed by atoms with Crippen LogP contribution >= 0.6 is 11.8 Å². The Labute approximate surface area is 173 Å². The lowest BCUT2D eigenvalue weighted by Crippen LogP contribution is -2.46. The smallest absolute Gasteiger partial charge is 0.232 e. The number of likely N-dealkylation sites (tertiary alicyclic amines) is 1. The van der Waals surface area contributed by atoms with Gasteiger partial charge in [0.1, 0.15) is 5.75 Å². The molecule has 1 N–H and O–H groups in total.